The van der Waals surface area contributed by atoms with Gasteiger partial charge in [0.15, 0.2) is 5.96 Å². The van der Waals surface area contributed by atoms with Crippen LogP contribution in [0.4, 0.5) is 0 Å². The van der Waals surface area contributed by atoms with Crippen molar-refractivity contribution in [2.24, 2.45) is 34.2 Å². The third kappa shape index (κ3) is 5.05. The van der Waals surface area contributed by atoms with E-state index >= 15 is 0 Å². The maximum absolute atomic E-state index is 11.2. The SMILES string of the molecule is CCC(CC)C([NH-])C1C(N=C(N)N)CC(C(=O)O)C1O.[Ac]. The number of guanidine groups is 1. The van der Waals surface area contributed by atoms with E-state index in [4.69, 9.17) is 22.3 Å². The summed E-state index contributed by atoms with van der Waals surface area (Å²) in [4.78, 5) is 15.2. The Morgan fingerprint density at radius 3 is 2.29 bits per heavy atom. The van der Waals surface area contributed by atoms with E-state index in [9.17, 15) is 9.90 Å². The number of aliphatic hydroxyl groups excluding tert-OH is 1. The van der Waals surface area contributed by atoms with Crippen LogP contribution in [0, 0.1) is 61.8 Å². The molecule has 0 aromatic heterocycles. The Bertz CT molecular complexity index is 372. The first kappa shape index (κ1) is 21.1. The van der Waals surface area contributed by atoms with Crippen LogP contribution in [0.1, 0.15) is 33.1 Å². The summed E-state index contributed by atoms with van der Waals surface area (Å²) in [5, 5.41) is 19.4. The maximum atomic E-state index is 11.2. The smallest absolute Gasteiger partial charge is 0.309 e. The van der Waals surface area contributed by atoms with Gasteiger partial charge < -0.3 is 27.4 Å². The quantitative estimate of drug-likeness (QED) is 0.304. The van der Waals surface area contributed by atoms with Gasteiger partial charge in [0, 0.05) is 44.1 Å². The first-order valence-electron chi connectivity index (χ1n) is 7.04. The second-order valence-electron chi connectivity index (χ2n) is 5.47. The largest absolute Gasteiger partial charge is 0.674 e. The molecule has 5 atom stereocenters. The minimum absolute atomic E-state index is 0. The molecule has 0 bridgehead atoms. The van der Waals surface area contributed by atoms with Crippen molar-refractivity contribution in [1.29, 1.82) is 0 Å². The molecule has 7 nitrogen and oxygen atoms in total. The number of nitrogens with two attached hydrogens (primary N) is 2. The summed E-state index contributed by atoms with van der Waals surface area (Å²) in [7, 11) is 0. The zero-order valence-corrected chi connectivity index (χ0v) is 17.3. The van der Waals surface area contributed by atoms with Crippen molar-refractivity contribution in [3.05, 3.63) is 5.73 Å². The minimum atomic E-state index is -1.08. The molecule has 1 aliphatic rings. The van der Waals surface area contributed by atoms with Crippen molar-refractivity contribution >= 4 is 11.9 Å². The molecule has 0 amide bonds. The zero-order valence-electron chi connectivity index (χ0n) is 12.6. The van der Waals surface area contributed by atoms with Crippen LogP contribution in [0.2, 0.25) is 0 Å². The summed E-state index contributed by atoms with van der Waals surface area (Å²) in [5.41, 5.74) is 19.1. The minimum Gasteiger partial charge on any atom is -0.674 e. The van der Waals surface area contributed by atoms with Gasteiger partial charge in [-0.1, -0.05) is 32.6 Å². The molecule has 7 N–H and O–H groups in total. The molecule has 0 spiro atoms. The number of aliphatic hydroxyl groups is 1. The predicted octanol–water partition coefficient (Wildman–Crippen LogP) is 0.567. The summed E-state index contributed by atoms with van der Waals surface area (Å²) >= 11 is 0. The van der Waals surface area contributed by atoms with Crippen molar-refractivity contribution < 1.29 is 59.1 Å². The van der Waals surface area contributed by atoms with E-state index in [1.807, 2.05) is 13.8 Å². The molecule has 1 radical (unpaired) electrons. The van der Waals surface area contributed by atoms with Crippen LogP contribution < -0.4 is 11.5 Å². The van der Waals surface area contributed by atoms with Crippen LogP contribution in [0.25, 0.3) is 5.73 Å². The van der Waals surface area contributed by atoms with Crippen LogP contribution in [-0.4, -0.2) is 40.3 Å². The Morgan fingerprint density at radius 1 is 1.38 bits per heavy atom. The first-order valence-corrected chi connectivity index (χ1v) is 7.04. The maximum Gasteiger partial charge on any atom is 0.309 e. The van der Waals surface area contributed by atoms with Crippen molar-refractivity contribution in [3.63, 3.8) is 0 Å². The second-order valence-corrected chi connectivity index (χ2v) is 5.47. The average molecular weight is 512 g/mol. The fraction of sp³-hybridized carbons (Fsp3) is 0.846. The Hall–Kier alpha value is 0.102. The average Bonchev–Trinajstić information content (AvgIpc) is 2.66. The molecule has 1 rings (SSSR count). The Balaban J connectivity index is 0.00000400. The normalized spacial score (nSPS) is 29.8. The first-order chi connectivity index (χ1) is 9.33. The number of rotatable bonds is 6. The summed E-state index contributed by atoms with van der Waals surface area (Å²) in [6.07, 6.45) is 0.707. The van der Waals surface area contributed by atoms with Gasteiger partial charge in [-0.05, 0) is 12.3 Å². The van der Waals surface area contributed by atoms with Gasteiger partial charge in [0.25, 0.3) is 0 Å². The van der Waals surface area contributed by atoms with Gasteiger partial charge in [-0.2, -0.15) is 0 Å². The monoisotopic (exact) mass is 512 g/mol. The van der Waals surface area contributed by atoms with Gasteiger partial charge in [-0.15, -0.1) is 6.04 Å². The zero-order chi connectivity index (χ0) is 15.4. The molecule has 0 aliphatic heterocycles. The fourth-order valence-electron chi connectivity index (χ4n) is 3.19. The predicted molar refractivity (Wildman–Crippen MR) is 77.0 cm³/mol. The summed E-state index contributed by atoms with van der Waals surface area (Å²) in [6, 6.07) is -1.07. The standard InChI is InChI=1S/C13H25N4O3.Ac/c1-3-6(4-2)10(14)9-8(17-13(15)16)5-7(11(9)18)12(19)20;/h6-11,14,18H,3-5H2,1-2H3,(H,19,20)(H4,15,16,17);/q-1;. The Morgan fingerprint density at radius 2 is 1.90 bits per heavy atom. The van der Waals surface area contributed by atoms with Gasteiger partial charge in [0.1, 0.15) is 0 Å². The molecular formula is C13H25AcN4O3-. The molecule has 119 valence electrons. The molecular weight excluding hydrogens is 487 g/mol. The van der Waals surface area contributed by atoms with E-state index < -0.39 is 36.0 Å². The molecule has 0 aromatic carbocycles. The molecule has 5 unspecified atom stereocenters. The summed E-state index contributed by atoms with van der Waals surface area (Å²) in [6.45, 7) is 3.97. The van der Waals surface area contributed by atoms with E-state index in [1.165, 1.54) is 0 Å². The number of carboxylic acids is 1. The Kier molecular flexibility index (Phi) is 9.33. The molecule has 8 heteroatoms. The van der Waals surface area contributed by atoms with E-state index in [0.29, 0.717) is 0 Å². The third-order valence-corrected chi connectivity index (χ3v) is 4.35. The van der Waals surface area contributed by atoms with Crippen molar-refractivity contribution in [2.75, 3.05) is 0 Å². The fourth-order valence-corrected chi connectivity index (χ4v) is 3.19. The van der Waals surface area contributed by atoms with Crippen molar-refractivity contribution in [3.8, 4) is 0 Å². The van der Waals surface area contributed by atoms with Gasteiger partial charge in [-0.25, -0.2) is 4.99 Å². The number of nitrogens with zero attached hydrogens (tertiary/aromatic N) is 1. The number of aliphatic imine (C=N–C) groups is 1. The van der Waals surface area contributed by atoms with Crippen LogP contribution in [-0.2, 0) is 4.79 Å². The van der Waals surface area contributed by atoms with Gasteiger partial charge in [0.05, 0.1) is 18.1 Å². The number of hydrogen-bond acceptors (Lipinski definition) is 3. The number of nitrogens with one attached hydrogen (secondary N) is 1. The van der Waals surface area contributed by atoms with Gasteiger partial charge in [0.2, 0.25) is 0 Å². The van der Waals surface area contributed by atoms with Crippen molar-refractivity contribution in [2.45, 2.75) is 51.3 Å². The molecule has 0 saturated heterocycles. The van der Waals surface area contributed by atoms with Crippen LogP contribution >= 0.6 is 0 Å². The number of carboxylic acid groups (broad SMARTS) is 1. The molecule has 1 fully saturated rings. The van der Waals surface area contributed by atoms with Crippen LogP contribution in [0.5, 0.6) is 0 Å². The number of hydrogen-bond donors (Lipinski definition) is 4. The Labute approximate surface area is 161 Å². The van der Waals surface area contributed by atoms with Gasteiger partial charge >= 0.3 is 5.97 Å². The van der Waals surface area contributed by atoms with E-state index in [-0.39, 0.29) is 62.4 Å². The summed E-state index contributed by atoms with van der Waals surface area (Å²) < 4.78 is 0. The second kappa shape index (κ2) is 9.29. The van der Waals surface area contributed by atoms with Crippen LogP contribution in [0.3, 0.4) is 0 Å². The molecule has 1 saturated carbocycles. The molecule has 0 heterocycles. The van der Waals surface area contributed by atoms with Crippen molar-refractivity contribution in [1.82, 2.24) is 0 Å². The number of carbonyl (C=O) groups is 1. The summed E-state index contributed by atoms with van der Waals surface area (Å²) in [5.74, 6) is -2.54. The third-order valence-electron chi connectivity index (χ3n) is 4.35. The van der Waals surface area contributed by atoms with Crippen LogP contribution in [0.15, 0.2) is 4.99 Å². The molecule has 21 heavy (non-hydrogen) atoms. The van der Waals surface area contributed by atoms with E-state index in [1.54, 1.807) is 0 Å². The number of aliphatic carboxylic acids is 1. The topological polar surface area (TPSA) is 146 Å². The van der Waals surface area contributed by atoms with Gasteiger partial charge in [-0.3, -0.25) is 4.79 Å². The van der Waals surface area contributed by atoms with E-state index in [2.05, 4.69) is 4.99 Å². The van der Waals surface area contributed by atoms with E-state index in [0.717, 1.165) is 12.8 Å². The molecule has 1 aliphatic carbocycles. The molecule has 0 aromatic rings.